The molecule has 0 fully saturated rings. The molecule has 0 saturated carbocycles. The Morgan fingerprint density at radius 1 is 1.61 bits per heavy atom. The molecule has 2 N–H and O–H groups in total. The molecule has 0 spiro atoms. The van der Waals surface area contributed by atoms with Crippen molar-refractivity contribution in [3.63, 3.8) is 0 Å². The molecule has 0 aliphatic rings. The van der Waals surface area contributed by atoms with Gasteiger partial charge in [-0.25, -0.2) is 9.78 Å². The monoisotopic (exact) mass is 290 g/mol. The van der Waals surface area contributed by atoms with E-state index in [-0.39, 0.29) is 6.03 Å². The number of nitrogens with zero attached hydrogens (tertiary/aromatic N) is 2. The van der Waals surface area contributed by atoms with E-state index in [9.17, 15) is 9.00 Å². The van der Waals surface area contributed by atoms with Gasteiger partial charge >= 0.3 is 6.03 Å². The summed E-state index contributed by atoms with van der Waals surface area (Å²) in [6, 6.07) is -0.257. The molecule has 1 unspecified atom stereocenters. The smallest absolute Gasteiger partial charge is 0.324 e. The van der Waals surface area contributed by atoms with Crippen molar-refractivity contribution < 1.29 is 9.00 Å². The third-order valence-electron chi connectivity index (χ3n) is 2.42. The van der Waals surface area contributed by atoms with Crippen LogP contribution < -0.4 is 10.0 Å². The Bertz CT molecular complexity index is 434. The van der Waals surface area contributed by atoms with Crippen LogP contribution in [0.15, 0.2) is 6.20 Å². The molecule has 1 heterocycles. The quantitative estimate of drug-likeness (QED) is 0.750. The third-order valence-corrected chi connectivity index (χ3v) is 4.05. The number of urea groups is 1. The predicted octanol–water partition coefficient (Wildman–Crippen LogP) is 0.554. The molecule has 2 amide bonds. The Kier molecular flexibility index (Phi) is 6.20. The molecule has 1 aromatic heterocycles. The maximum atomic E-state index is 11.8. The van der Waals surface area contributed by atoms with Gasteiger partial charge in [-0.2, -0.15) is 0 Å². The molecule has 102 valence electrons. The van der Waals surface area contributed by atoms with E-state index >= 15 is 0 Å². The zero-order chi connectivity index (χ0) is 13.5. The van der Waals surface area contributed by atoms with Gasteiger partial charge in [-0.05, 0) is 6.92 Å². The van der Waals surface area contributed by atoms with Gasteiger partial charge < -0.3 is 9.88 Å². The summed E-state index contributed by atoms with van der Waals surface area (Å²) in [5, 5.41) is 2.63. The minimum atomic E-state index is -1.02. The standard InChI is InChI=1S/C10H18N4O2S2/c1-8-6-12-9(14(8)2)7-18(16)5-4-11-10(15)13-17-3/h6H,4-5,7H2,1-3H3,(H2,11,13,15). The summed E-state index contributed by atoms with van der Waals surface area (Å²) in [6.07, 6.45) is 3.53. The summed E-state index contributed by atoms with van der Waals surface area (Å²) in [6.45, 7) is 2.34. The number of carbonyl (C=O) groups excluding carboxylic acids is 1. The van der Waals surface area contributed by atoms with Crippen molar-refractivity contribution >= 4 is 28.8 Å². The highest BCUT2D eigenvalue weighted by Gasteiger charge is 2.08. The molecule has 1 atom stereocenters. The lowest BCUT2D eigenvalue weighted by atomic mass is 10.5. The Labute approximate surface area is 114 Å². The number of imidazole rings is 1. The Morgan fingerprint density at radius 3 is 2.89 bits per heavy atom. The van der Waals surface area contributed by atoms with E-state index in [1.165, 1.54) is 11.9 Å². The summed E-state index contributed by atoms with van der Waals surface area (Å²) in [5.41, 5.74) is 1.04. The maximum Gasteiger partial charge on any atom is 0.324 e. The summed E-state index contributed by atoms with van der Waals surface area (Å²) in [5.74, 6) is 1.64. The van der Waals surface area contributed by atoms with Crippen LogP contribution in [0.4, 0.5) is 4.79 Å². The molecule has 0 aliphatic carbocycles. The van der Waals surface area contributed by atoms with Gasteiger partial charge in [0.2, 0.25) is 0 Å². The fourth-order valence-corrected chi connectivity index (χ4v) is 2.59. The number of carbonyl (C=O) groups is 1. The molecule has 1 aromatic rings. The first kappa shape index (κ1) is 15.0. The topological polar surface area (TPSA) is 76.0 Å². The van der Waals surface area contributed by atoms with Crippen molar-refractivity contribution in [2.75, 3.05) is 18.6 Å². The number of aryl methyl sites for hydroxylation is 1. The highest BCUT2D eigenvalue weighted by atomic mass is 32.2. The molecule has 0 bridgehead atoms. The van der Waals surface area contributed by atoms with Crippen molar-refractivity contribution in [3.05, 3.63) is 17.7 Å². The summed E-state index contributed by atoms with van der Waals surface area (Å²) in [4.78, 5) is 15.3. The summed E-state index contributed by atoms with van der Waals surface area (Å²) in [7, 11) is 0.881. The molecule has 0 aliphatic heterocycles. The normalized spacial score (nSPS) is 12.2. The second-order valence-corrected chi connectivity index (χ2v) is 5.91. The van der Waals surface area contributed by atoms with Crippen molar-refractivity contribution in [1.29, 1.82) is 0 Å². The van der Waals surface area contributed by atoms with Crippen LogP contribution in [0.3, 0.4) is 0 Å². The van der Waals surface area contributed by atoms with Crippen molar-refractivity contribution in [2.24, 2.45) is 7.05 Å². The van der Waals surface area contributed by atoms with Gasteiger partial charge in [0.05, 0.1) is 5.75 Å². The fourth-order valence-electron chi connectivity index (χ4n) is 1.30. The number of hydrogen-bond donors (Lipinski definition) is 2. The molecule has 0 saturated heterocycles. The lowest BCUT2D eigenvalue weighted by Gasteiger charge is -2.06. The van der Waals surface area contributed by atoms with Gasteiger partial charge in [-0.1, -0.05) is 11.9 Å². The van der Waals surface area contributed by atoms with Crippen molar-refractivity contribution in [2.45, 2.75) is 12.7 Å². The molecule has 6 nitrogen and oxygen atoms in total. The first-order chi connectivity index (χ1) is 8.54. The Morgan fingerprint density at radius 2 is 2.33 bits per heavy atom. The minimum absolute atomic E-state index is 0.257. The van der Waals surface area contributed by atoms with Gasteiger partial charge in [0.25, 0.3) is 0 Å². The van der Waals surface area contributed by atoms with Gasteiger partial charge in [-0.15, -0.1) is 0 Å². The number of hydrogen-bond acceptors (Lipinski definition) is 4. The molecule has 8 heteroatoms. The van der Waals surface area contributed by atoms with Gasteiger partial charge in [-0.3, -0.25) is 8.93 Å². The number of aromatic nitrogens is 2. The maximum absolute atomic E-state index is 11.8. The van der Waals surface area contributed by atoms with E-state index < -0.39 is 10.8 Å². The second kappa shape index (κ2) is 7.42. The number of rotatable bonds is 6. The van der Waals surface area contributed by atoms with Crippen molar-refractivity contribution in [3.8, 4) is 0 Å². The summed E-state index contributed by atoms with van der Waals surface area (Å²) < 4.78 is 16.2. The van der Waals surface area contributed by atoms with Gasteiger partial charge in [0.1, 0.15) is 5.82 Å². The number of amides is 2. The first-order valence-electron chi connectivity index (χ1n) is 5.43. The van der Waals surface area contributed by atoms with E-state index in [0.29, 0.717) is 18.1 Å². The van der Waals surface area contributed by atoms with E-state index in [2.05, 4.69) is 15.0 Å². The lowest BCUT2D eigenvalue weighted by molar-refractivity contribution is 0.247. The van der Waals surface area contributed by atoms with E-state index in [1.807, 2.05) is 18.5 Å². The van der Waals surface area contributed by atoms with Crippen molar-refractivity contribution in [1.82, 2.24) is 19.6 Å². The van der Waals surface area contributed by atoms with Crippen LogP contribution in [0.1, 0.15) is 11.5 Å². The Hall–Kier alpha value is -1.02. The SMILES string of the molecule is CSNC(=O)NCCS(=O)Cc1ncc(C)n1C. The van der Waals surface area contributed by atoms with Crippen LogP contribution >= 0.6 is 11.9 Å². The van der Waals surface area contributed by atoms with Gasteiger partial charge in [0, 0.05) is 48.3 Å². The summed E-state index contributed by atoms with van der Waals surface area (Å²) >= 11 is 1.22. The first-order valence-corrected chi connectivity index (χ1v) is 8.15. The largest absolute Gasteiger partial charge is 0.337 e. The van der Waals surface area contributed by atoms with Crippen LogP contribution in [0, 0.1) is 6.92 Å². The molecule has 18 heavy (non-hydrogen) atoms. The lowest BCUT2D eigenvalue weighted by Crippen LogP contribution is -2.34. The second-order valence-electron chi connectivity index (χ2n) is 3.73. The van der Waals surface area contributed by atoms with Crippen LogP contribution in [0.5, 0.6) is 0 Å². The van der Waals surface area contributed by atoms with Crippen LogP contribution in [-0.2, 0) is 23.6 Å². The minimum Gasteiger partial charge on any atom is -0.337 e. The van der Waals surface area contributed by atoms with Gasteiger partial charge in [0.15, 0.2) is 0 Å². The zero-order valence-corrected chi connectivity index (χ0v) is 12.4. The molecular weight excluding hydrogens is 272 g/mol. The predicted molar refractivity (Wildman–Crippen MR) is 74.7 cm³/mol. The van der Waals surface area contributed by atoms with E-state index in [4.69, 9.17) is 0 Å². The van der Waals surface area contributed by atoms with Crippen LogP contribution in [-0.4, -0.2) is 38.3 Å². The molecule has 1 rings (SSSR count). The highest BCUT2D eigenvalue weighted by Crippen LogP contribution is 2.04. The molecule has 0 aromatic carbocycles. The van der Waals surface area contributed by atoms with E-state index in [0.717, 1.165) is 11.5 Å². The van der Waals surface area contributed by atoms with Crippen LogP contribution in [0.2, 0.25) is 0 Å². The zero-order valence-electron chi connectivity index (χ0n) is 10.7. The average molecular weight is 290 g/mol. The fraction of sp³-hybridized carbons (Fsp3) is 0.600. The van der Waals surface area contributed by atoms with Crippen LogP contribution in [0.25, 0.3) is 0 Å². The third kappa shape index (κ3) is 4.69. The number of nitrogens with one attached hydrogen (secondary N) is 2. The van der Waals surface area contributed by atoms with E-state index in [1.54, 1.807) is 12.5 Å². The highest BCUT2D eigenvalue weighted by molar-refractivity contribution is 7.97. The Balaban J connectivity index is 2.30. The average Bonchev–Trinajstić information content (AvgIpc) is 2.61. The molecular formula is C10H18N4O2S2. The molecule has 0 radical (unpaired) electrons.